The highest BCUT2D eigenvalue weighted by atomic mass is 19.1. The summed E-state index contributed by atoms with van der Waals surface area (Å²) >= 11 is 0. The second kappa shape index (κ2) is 9.71. The summed E-state index contributed by atoms with van der Waals surface area (Å²) in [6.07, 6.45) is 9.27. The van der Waals surface area contributed by atoms with Gasteiger partial charge >= 0.3 is 5.97 Å². The van der Waals surface area contributed by atoms with Crippen LogP contribution in [0.5, 0.6) is 5.75 Å². The van der Waals surface area contributed by atoms with E-state index >= 15 is 0 Å². The lowest BCUT2D eigenvalue weighted by Crippen LogP contribution is -2.45. The molecular weight excluding hydrogens is 427 g/mol. The summed E-state index contributed by atoms with van der Waals surface area (Å²) in [5, 5.41) is 0. The highest BCUT2D eigenvalue weighted by molar-refractivity contribution is 5.69. The Bertz CT molecular complexity index is 1030. The van der Waals surface area contributed by atoms with Crippen molar-refractivity contribution in [2.24, 2.45) is 17.3 Å². The molecule has 0 radical (unpaired) electrons. The Hall–Kier alpha value is -2.36. The third kappa shape index (κ3) is 4.36. The Kier molecular flexibility index (Phi) is 6.68. The van der Waals surface area contributed by atoms with Crippen molar-refractivity contribution in [1.82, 2.24) is 0 Å². The van der Waals surface area contributed by atoms with E-state index in [4.69, 9.17) is 9.47 Å². The van der Waals surface area contributed by atoms with Gasteiger partial charge in [-0.15, -0.1) is 0 Å². The molecule has 0 heterocycles. The molecule has 182 valence electrons. The van der Waals surface area contributed by atoms with Gasteiger partial charge in [0, 0.05) is 17.4 Å². The molecule has 0 bridgehead atoms. The fourth-order valence-corrected chi connectivity index (χ4v) is 7.11. The van der Waals surface area contributed by atoms with E-state index in [1.54, 1.807) is 12.1 Å². The summed E-state index contributed by atoms with van der Waals surface area (Å²) in [5.74, 6) is 2.46. The van der Waals surface area contributed by atoms with Gasteiger partial charge in [-0.3, -0.25) is 4.79 Å². The zero-order valence-electron chi connectivity index (χ0n) is 20.5. The summed E-state index contributed by atoms with van der Waals surface area (Å²) in [4.78, 5) is 12.4. The minimum Gasteiger partial charge on any atom is -0.489 e. The number of halogens is 1. The number of rotatable bonds is 7. The van der Waals surface area contributed by atoms with Crippen molar-refractivity contribution in [3.63, 3.8) is 0 Å². The number of carbonyl (C=O) groups is 1. The molecule has 5 rings (SSSR count). The minimum absolute atomic E-state index is 0.00671. The molecule has 0 aromatic heterocycles. The zero-order chi connectivity index (χ0) is 23.7. The second-order valence-electron chi connectivity index (χ2n) is 10.9. The summed E-state index contributed by atoms with van der Waals surface area (Å²) in [5.41, 5.74) is 3.55. The van der Waals surface area contributed by atoms with Gasteiger partial charge in [0.05, 0.1) is 0 Å². The molecule has 3 nitrogen and oxygen atoms in total. The first-order valence-electron chi connectivity index (χ1n) is 13.2. The van der Waals surface area contributed by atoms with E-state index in [0.717, 1.165) is 44.3 Å². The van der Waals surface area contributed by atoms with Crippen molar-refractivity contribution in [3.8, 4) is 5.75 Å². The lowest BCUT2D eigenvalue weighted by atomic mass is 9.55. The topological polar surface area (TPSA) is 35.5 Å². The van der Waals surface area contributed by atoms with Crippen LogP contribution >= 0.6 is 0 Å². The van der Waals surface area contributed by atoms with Crippen LogP contribution < -0.4 is 4.74 Å². The van der Waals surface area contributed by atoms with Gasteiger partial charge in [-0.25, -0.2) is 4.39 Å². The van der Waals surface area contributed by atoms with Crippen LogP contribution in [0.25, 0.3) is 0 Å². The quantitative estimate of drug-likeness (QED) is 0.402. The van der Waals surface area contributed by atoms with Crippen molar-refractivity contribution < 1.29 is 18.7 Å². The molecular formula is C30H37FO3. The molecule has 4 heteroatoms. The van der Waals surface area contributed by atoms with Crippen molar-refractivity contribution in [3.05, 3.63) is 65.0 Å². The van der Waals surface area contributed by atoms with E-state index in [0.29, 0.717) is 29.7 Å². The van der Waals surface area contributed by atoms with Crippen molar-refractivity contribution in [1.29, 1.82) is 0 Å². The average Bonchev–Trinajstić information content (AvgIpc) is 3.17. The molecule has 3 aliphatic carbocycles. The summed E-state index contributed by atoms with van der Waals surface area (Å²) in [7, 11) is 0. The van der Waals surface area contributed by atoms with Gasteiger partial charge in [-0.1, -0.05) is 44.5 Å². The maximum Gasteiger partial charge on any atom is 0.306 e. The molecule has 2 aromatic rings. The first-order valence-corrected chi connectivity index (χ1v) is 13.2. The first-order chi connectivity index (χ1) is 16.5. The average molecular weight is 465 g/mol. The lowest BCUT2D eigenvalue weighted by Gasteiger charge is -2.50. The number of ether oxygens (including phenoxy) is 2. The van der Waals surface area contributed by atoms with E-state index in [-0.39, 0.29) is 29.9 Å². The molecule has 0 N–H and O–H groups in total. The maximum absolute atomic E-state index is 13.9. The number of hydrogen-bond acceptors (Lipinski definition) is 3. The first kappa shape index (κ1) is 23.4. The van der Waals surface area contributed by atoms with E-state index in [1.807, 2.05) is 6.07 Å². The van der Waals surface area contributed by atoms with E-state index in [9.17, 15) is 9.18 Å². The highest BCUT2D eigenvalue weighted by Gasteiger charge is 2.56. The zero-order valence-corrected chi connectivity index (χ0v) is 20.5. The van der Waals surface area contributed by atoms with Gasteiger partial charge in [-0.2, -0.15) is 0 Å². The Balaban J connectivity index is 1.27. The van der Waals surface area contributed by atoms with E-state index in [2.05, 4.69) is 32.0 Å². The van der Waals surface area contributed by atoms with Gasteiger partial charge in [-0.05, 0) is 92.0 Å². The standard InChI is InChI=1S/C30H37FO3/c1-3-4-9-29(32)34-28-15-14-26-25-12-10-20-18-22(33-19-21-7-5-6-8-27(21)31)11-13-23(20)24(25)16-17-30(26,28)2/h5-8,11,13,18,24-26,28H,3-4,9-10,12,14-17,19H2,1-2H3/t24-,25-,26+,28-,30-/m0/s1. The number of carbonyl (C=O) groups excluding carboxylic acids is 1. The van der Waals surface area contributed by atoms with Crippen LogP contribution in [0.3, 0.4) is 0 Å². The Morgan fingerprint density at radius 2 is 1.97 bits per heavy atom. The summed E-state index contributed by atoms with van der Waals surface area (Å²) in [6, 6.07) is 13.3. The lowest BCUT2D eigenvalue weighted by molar-refractivity contribution is -0.157. The molecule has 0 unspecified atom stereocenters. The van der Waals surface area contributed by atoms with Crippen molar-refractivity contribution >= 4 is 5.97 Å². The SMILES string of the molecule is CCCCC(=O)O[C@H]1CC[C@@H]2[C@H]3CCc4cc(OCc5ccccc5F)ccc4[C@@H]3CC[C@]12C. The molecule has 0 aliphatic heterocycles. The van der Waals surface area contributed by atoms with Gasteiger partial charge in [0.25, 0.3) is 0 Å². The third-order valence-corrected chi connectivity index (χ3v) is 8.97. The van der Waals surface area contributed by atoms with Crippen LogP contribution in [-0.2, 0) is 22.6 Å². The molecule has 34 heavy (non-hydrogen) atoms. The fourth-order valence-electron chi connectivity index (χ4n) is 7.11. The Morgan fingerprint density at radius 3 is 2.79 bits per heavy atom. The number of benzene rings is 2. The van der Waals surface area contributed by atoms with Gasteiger partial charge in [0.1, 0.15) is 24.3 Å². The molecule has 0 saturated heterocycles. The van der Waals surface area contributed by atoms with Crippen molar-refractivity contribution in [2.45, 2.75) is 90.3 Å². The van der Waals surface area contributed by atoms with E-state index in [1.165, 1.54) is 30.0 Å². The van der Waals surface area contributed by atoms with Crippen LogP contribution in [-0.4, -0.2) is 12.1 Å². The van der Waals surface area contributed by atoms with Gasteiger partial charge in [0.15, 0.2) is 0 Å². The van der Waals surface area contributed by atoms with Crippen LogP contribution in [0, 0.1) is 23.1 Å². The molecule has 2 fully saturated rings. The third-order valence-electron chi connectivity index (χ3n) is 8.97. The summed E-state index contributed by atoms with van der Waals surface area (Å²) < 4.78 is 25.9. The monoisotopic (exact) mass is 464 g/mol. The minimum atomic E-state index is -0.223. The molecule has 0 spiro atoms. The Labute approximate surface area is 203 Å². The largest absolute Gasteiger partial charge is 0.489 e. The predicted molar refractivity (Wildman–Crippen MR) is 131 cm³/mol. The number of esters is 1. The Morgan fingerprint density at radius 1 is 1.12 bits per heavy atom. The van der Waals surface area contributed by atoms with Crippen LogP contribution in [0.1, 0.15) is 87.8 Å². The normalized spacial score (nSPS) is 29.6. The number of hydrogen-bond donors (Lipinski definition) is 0. The van der Waals surface area contributed by atoms with Crippen molar-refractivity contribution in [2.75, 3.05) is 0 Å². The number of aryl methyl sites for hydroxylation is 1. The summed E-state index contributed by atoms with van der Waals surface area (Å²) in [6.45, 7) is 4.74. The van der Waals surface area contributed by atoms with E-state index < -0.39 is 0 Å². The second-order valence-corrected chi connectivity index (χ2v) is 10.9. The molecule has 5 atom stereocenters. The predicted octanol–water partition coefficient (Wildman–Crippen LogP) is 7.36. The van der Waals surface area contributed by atoms with Crippen LogP contribution in [0.15, 0.2) is 42.5 Å². The van der Waals surface area contributed by atoms with Gasteiger partial charge < -0.3 is 9.47 Å². The molecule has 0 amide bonds. The van der Waals surface area contributed by atoms with Crippen LogP contribution in [0.2, 0.25) is 0 Å². The molecule has 2 saturated carbocycles. The van der Waals surface area contributed by atoms with Gasteiger partial charge in [0.2, 0.25) is 0 Å². The molecule has 2 aromatic carbocycles. The smallest absolute Gasteiger partial charge is 0.306 e. The number of fused-ring (bicyclic) bond motifs is 5. The fraction of sp³-hybridized carbons (Fsp3) is 0.567. The molecule has 3 aliphatic rings. The van der Waals surface area contributed by atoms with Crippen LogP contribution in [0.4, 0.5) is 4.39 Å². The highest BCUT2D eigenvalue weighted by Crippen LogP contribution is 2.61. The number of unbranched alkanes of at least 4 members (excludes halogenated alkanes) is 1. The maximum atomic E-state index is 13.9.